The molecule has 0 saturated heterocycles. The number of amidine groups is 1. The molecule has 0 bridgehead atoms. The minimum absolute atomic E-state index is 0.474. The zero-order chi connectivity index (χ0) is 12.4. The molecule has 2 N–H and O–H groups in total. The number of nitrogens with two attached hydrogens (primary N) is 1. The fourth-order valence-electron chi connectivity index (χ4n) is 2.65. The summed E-state index contributed by atoms with van der Waals surface area (Å²) >= 11 is 0. The van der Waals surface area contributed by atoms with Crippen molar-refractivity contribution in [2.45, 2.75) is 25.7 Å². The summed E-state index contributed by atoms with van der Waals surface area (Å²) in [6.07, 6.45) is 8.58. The molecular formula is C15H17N3. The van der Waals surface area contributed by atoms with Gasteiger partial charge in [0.15, 0.2) is 0 Å². The van der Waals surface area contributed by atoms with E-state index in [1.54, 1.807) is 6.20 Å². The Hall–Kier alpha value is -1.90. The molecule has 0 radical (unpaired) electrons. The number of benzene rings is 1. The van der Waals surface area contributed by atoms with Gasteiger partial charge in [0.1, 0.15) is 5.84 Å². The number of fused-ring (bicyclic) bond motifs is 1. The molecule has 1 aliphatic rings. The predicted octanol–water partition coefficient (Wildman–Crippen LogP) is 3.41. The van der Waals surface area contributed by atoms with Gasteiger partial charge in [-0.05, 0) is 25.0 Å². The van der Waals surface area contributed by atoms with Crippen LogP contribution in [0, 0.1) is 5.92 Å². The number of aromatic nitrogens is 1. The van der Waals surface area contributed by atoms with Gasteiger partial charge >= 0.3 is 0 Å². The van der Waals surface area contributed by atoms with Crippen molar-refractivity contribution in [1.82, 2.24) is 4.98 Å². The maximum absolute atomic E-state index is 6.14. The Morgan fingerprint density at radius 1 is 1.22 bits per heavy atom. The van der Waals surface area contributed by atoms with E-state index in [2.05, 4.69) is 9.98 Å². The van der Waals surface area contributed by atoms with Crippen LogP contribution in [0.3, 0.4) is 0 Å². The fourth-order valence-corrected chi connectivity index (χ4v) is 2.65. The summed E-state index contributed by atoms with van der Waals surface area (Å²) in [5.74, 6) is 1.26. The Morgan fingerprint density at radius 2 is 2.06 bits per heavy atom. The lowest BCUT2D eigenvalue weighted by Gasteiger charge is -2.09. The second-order valence-electron chi connectivity index (χ2n) is 4.89. The maximum Gasteiger partial charge on any atom is 0.103 e. The van der Waals surface area contributed by atoms with Crippen molar-refractivity contribution in [3.05, 3.63) is 36.7 Å². The van der Waals surface area contributed by atoms with Crippen LogP contribution in [0.5, 0.6) is 0 Å². The van der Waals surface area contributed by atoms with E-state index in [4.69, 9.17) is 5.73 Å². The number of nitrogens with zero attached hydrogens (tertiary/aromatic N) is 2. The molecule has 1 aromatic heterocycles. The molecule has 1 fully saturated rings. The van der Waals surface area contributed by atoms with Gasteiger partial charge in [-0.25, -0.2) is 4.99 Å². The lowest BCUT2D eigenvalue weighted by atomic mass is 10.1. The van der Waals surface area contributed by atoms with Crippen molar-refractivity contribution in [2.75, 3.05) is 0 Å². The highest BCUT2D eigenvalue weighted by atomic mass is 14.9. The lowest BCUT2D eigenvalue weighted by molar-refractivity contribution is 0.722. The van der Waals surface area contributed by atoms with E-state index in [1.807, 2.05) is 30.5 Å². The Balaban J connectivity index is 2.01. The molecule has 1 heterocycles. The summed E-state index contributed by atoms with van der Waals surface area (Å²) in [6.45, 7) is 0. The van der Waals surface area contributed by atoms with Crippen LogP contribution < -0.4 is 5.73 Å². The largest absolute Gasteiger partial charge is 0.387 e. The second-order valence-corrected chi connectivity index (χ2v) is 4.89. The molecule has 3 rings (SSSR count). The van der Waals surface area contributed by atoms with Crippen LogP contribution >= 0.6 is 0 Å². The van der Waals surface area contributed by atoms with Crippen molar-refractivity contribution in [1.29, 1.82) is 0 Å². The van der Waals surface area contributed by atoms with Gasteiger partial charge in [0.2, 0.25) is 0 Å². The van der Waals surface area contributed by atoms with Crippen LogP contribution in [-0.4, -0.2) is 10.8 Å². The predicted molar refractivity (Wildman–Crippen MR) is 75.0 cm³/mol. The van der Waals surface area contributed by atoms with E-state index in [-0.39, 0.29) is 0 Å². The lowest BCUT2D eigenvalue weighted by Crippen LogP contribution is -2.20. The summed E-state index contributed by atoms with van der Waals surface area (Å²) in [7, 11) is 0. The SMILES string of the molecule is NC(=Nc1cccc2cnccc12)C1CCCC1. The van der Waals surface area contributed by atoms with Crippen molar-refractivity contribution >= 4 is 22.3 Å². The number of hydrogen-bond donors (Lipinski definition) is 1. The third kappa shape index (κ3) is 2.08. The van der Waals surface area contributed by atoms with Gasteiger partial charge in [0, 0.05) is 29.1 Å². The first-order valence-corrected chi connectivity index (χ1v) is 6.51. The van der Waals surface area contributed by atoms with Crippen molar-refractivity contribution in [2.24, 2.45) is 16.6 Å². The second kappa shape index (κ2) is 4.77. The van der Waals surface area contributed by atoms with Crippen LogP contribution in [-0.2, 0) is 0 Å². The standard InChI is InChI=1S/C15H17N3/c16-15(11-4-1-2-5-11)18-14-7-3-6-12-10-17-9-8-13(12)14/h3,6-11H,1-2,4-5H2,(H2,16,18). The Bertz CT molecular complexity index is 578. The van der Waals surface area contributed by atoms with Gasteiger partial charge in [-0.2, -0.15) is 0 Å². The van der Waals surface area contributed by atoms with E-state index in [0.717, 1.165) is 22.3 Å². The van der Waals surface area contributed by atoms with Crippen LogP contribution in [0.15, 0.2) is 41.7 Å². The third-order valence-corrected chi connectivity index (χ3v) is 3.68. The van der Waals surface area contributed by atoms with Crippen molar-refractivity contribution < 1.29 is 0 Å². The molecule has 0 unspecified atom stereocenters. The van der Waals surface area contributed by atoms with E-state index in [0.29, 0.717) is 5.92 Å². The topological polar surface area (TPSA) is 51.3 Å². The minimum Gasteiger partial charge on any atom is -0.387 e. The van der Waals surface area contributed by atoms with E-state index in [9.17, 15) is 0 Å². The average molecular weight is 239 g/mol. The number of pyridine rings is 1. The van der Waals surface area contributed by atoms with Crippen LogP contribution in [0.2, 0.25) is 0 Å². The highest BCUT2D eigenvalue weighted by molar-refractivity contribution is 5.95. The molecule has 1 aliphatic carbocycles. The quantitative estimate of drug-likeness (QED) is 0.645. The number of rotatable bonds is 2. The summed E-state index contributed by atoms with van der Waals surface area (Å²) in [6, 6.07) is 8.07. The zero-order valence-electron chi connectivity index (χ0n) is 10.3. The average Bonchev–Trinajstić information content (AvgIpc) is 2.93. The Morgan fingerprint density at radius 3 is 2.89 bits per heavy atom. The molecule has 92 valence electrons. The zero-order valence-corrected chi connectivity index (χ0v) is 10.3. The first-order chi connectivity index (χ1) is 8.84. The van der Waals surface area contributed by atoms with Gasteiger partial charge in [-0.15, -0.1) is 0 Å². The molecule has 0 atom stereocenters. The summed E-state index contributed by atoms with van der Waals surface area (Å²) in [5, 5.41) is 2.23. The highest BCUT2D eigenvalue weighted by Gasteiger charge is 2.18. The monoisotopic (exact) mass is 239 g/mol. The normalized spacial score (nSPS) is 17.4. The fraction of sp³-hybridized carbons (Fsp3) is 0.333. The molecule has 3 heteroatoms. The van der Waals surface area contributed by atoms with Crippen LogP contribution in [0.1, 0.15) is 25.7 Å². The molecule has 0 spiro atoms. The molecule has 1 saturated carbocycles. The smallest absolute Gasteiger partial charge is 0.103 e. The van der Waals surface area contributed by atoms with Gasteiger partial charge < -0.3 is 5.73 Å². The maximum atomic E-state index is 6.14. The first-order valence-electron chi connectivity index (χ1n) is 6.51. The van der Waals surface area contributed by atoms with Gasteiger partial charge in [0.25, 0.3) is 0 Å². The van der Waals surface area contributed by atoms with Crippen LogP contribution in [0.4, 0.5) is 5.69 Å². The molecule has 0 amide bonds. The molecular weight excluding hydrogens is 222 g/mol. The van der Waals surface area contributed by atoms with Gasteiger partial charge in [-0.3, -0.25) is 4.98 Å². The van der Waals surface area contributed by atoms with E-state index < -0.39 is 0 Å². The summed E-state index contributed by atoms with van der Waals surface area (Å²) < 4.78 is 0. The summed E-state index contributed by atoms with van der Waals surface area (Å²) in [5.41, 5.74) is 7.09. The van der Waals surface area contributed by atoms with Gasteiger partial charge in [0.05, 0.1) is 5.69 Å². The van der Waals surface area contributed by atoms with Gasteiger partial charge in [-0.1, -0.05) is 25.0 Å². The molecule has 3 nitrogen and oxygen atoms in total. The minimum atomic E-state index is 0.474. The van der Waals surface area contributed by atoms with Crippen molar-refractivity contribution in [3.63, 3.8) is 0 Å². The van der Waals surface area contributed by atoms with Crippen molar-refractivity contribution in [3.8, 4) is 0 Å². The molecule has 2 aromatic rings. The Labute approximate surface area is 107 Å². The first kappa shape index (κ1) is 11.2. The Kier molecular flexibility index (Phi) is 2.97. The molecule has 18 heavy (non-hydrogen) atoms. The third-order valence-electron chi connectivity index (χ3n) is 3.68. The molecule has 0 aliphatic heterocycles. The van der Waals surface area contributed by atoms with E-state index in [1.165, 1.54) is 25.7 Å². The highest BCUT2D eigenvalue weighted by Crippen LogP contribution is 2.29. The van der Waals surface area contributed by atoms with E-state index >= 15 is 0 Å². The number of aliphatic imine (C=N–C) groups is 1. The number of hydrogen-bond acceptors (Lipinski definition) is 2. The van der Waals surface area contributed by atoms with Crippen LogP contribution in [0.25, 0.3) is 10.8 Å². The molecule has 1 aromatic carbocycles. The summed E-state index contributed by atoms with van der Waals surface area (Å²) in [4.78, 5) is 8.77.